The molecule has 0 unspecified atom stereocenters. The highest BCUT2D eigenvalue weighted by molar-refractivity contribution is 6.03. The van der Waals surface area contributed by atoms with Crippen molar-refractivity contribution in [1.29, 1.82) is 0 Å². The lowest BCUT2D eigenvalue weighted by atomic mass is 10.1. The predicted octanol–water partition coefficient (Wildman–Crippen LogP) is 2.64. The lowest BCUT2D eigenvalue weighted by Crippen LogP contribution is -2.52. The molecule has 1 saturated heterocycles. The van der Waals surface area contributed by atoms with Gasteiger partial charge in [0, 0.05) is 73.5 Å². The molecule has 0 atom stereocenters. The molecule has 9 heteroatoms. The Labute approximate surface area is 179 Å². The molecule has 2 aromatic heterocycles. The highest BCUT2D eigenvalue weighted by atomic mass is 19.1. The number of hydrogen-bond donors (Lipinski definition) is 2. The van der Waals surface area contributed by atoms with Crippen molar-refractivity contribution in [3.05, 3.63) is 42.0 Å². The van der Waals surface area contributed by atoms with Gasteiger partial charge in [-0.25, -0.2) is 14.2 Å². The van der Waals surface area contributed by atoms with E-state index in [0.717, 1.165) is 31.6 Å². The molecule has 1 spiro atoms. The van der Waals surface area contributed by atoms with Crippen molar-refractivity contribution >= 4 is 34.1 Å². The molecule has 1 saturated carbocycles. The monoisotopic (exact) mass is 421 g/mol. The van der Waals surface area contributed by atoms with Gasteiger partial charge in [-0.3, -0.25) is 9.58 Å². The minimum Gasteiger partial charge on any atom is -0.368 e. The van der Waals surface area contributed by atoms with Crippen molar-refractivity contribution < 1.29 is 9.18 Å². The maximum Gasteiger partial charge on any atom is 0.327 e. The Morgan fingerprint density at radius 2 is 2.16 bits per heavy atom. The van der Waals surface area contributed by atoms with Crippen LogP contribution in [0.15, 0.2) is 30.6 Å². The summed E-state index contributed by atoms with van der Waals surface area (Å²) >= 11 is 0. The second-order valence-corrected chi connectivity index (χ2v) is 8.79. The number of benzene rings is 1. The van der Waals surface area contributed by atoms with Crippen LogP contribution in [-0.2, 0) is 13.5 Å². The fraction of sp³-hybridized carbons (Fsp3) is 0.409. The average molecular weight is 421 g/mol. The number of nitrogens with one attached hydrogen (secondary N) is 2. The van der Waals surface area contributed by atoms with E-state index >= 15 is 0 Å². The van der Waals surface area contributed by atoms with Crippen LogP contribution in [0.3, 0.4) is 0 Å². The number of anilines is 3. The van der Waals surface area contributed by atoms with Gasteiger partial charge >= 0.3 is 6.03 Å². The zero-order valence-corrected chi connectivity index (χ0v) is 17.4. The highest BCUT2D eigenvalue weighted by Crippen LogP contribution is 2.41. The van der Waals surface area contributed by atoms with Gasteiger partial charge in [0.25, 0.3) is 0 Å². The Morgan fingerprint density at radius 1 is 1.29 bits per heavy atom. The molecule has 1 aliphatic carbocycles. The number of fused-ring (bicyclic) bond motifs is 2. The average Bonchev–Trinajstić information content (AvgIpc) is 3.17. The Hall–Kier alpha value is -3.20. The molecule has 2 aliphatic heterocycles. The number of aryl methyl sites for hydroxylation is 1. The Kier molecular flexibility index (Phi) is 3.98. The summed E-state index contributed by atoms with van der Waals surface area (Å²) in [7, 11) is 1.74. The van der Waals surface area contributed by atoms with E-state index in [-0.39, 0.29) is 11.6 Å². The molecule has 1 aromatic carbocycles. The standard InChI is InChI=1S/C22H24FN7O/c1-28-12-14-10-15(11-17(23)19(14)27-28)26-21(31)30-8-3-16-18(2-6-24-20(16)30)29-9-7-25-22(13-29)4-5-22/h2,6,10-12,25H,3-5,7-9,13H2,1H3,(H,26,31). The van der Waals surface area contributed by atoms with E-state index in [1.165, 1.54) is 24.6 Å². The smallest absolute Gasteiger partial charge is 0.327 e. The van der Waals surface area contributed by atoms with Gasteiger partial charge < -0.3 is 15.5 Å². The lowest BCUT2D eigenvalue weighted by Gasteiger charge is -2.36. The second-order valence-electron chi connectivity index (χ2n) is 8.79. The summed E-state index contributed by atoms with van der Waals surface area (Å²) < 4.78 is 15.9. The van der Waals surface area contributed by atoms with E-state index in [1.807, 2.05) is 0 Å². The highest BCUT2D eigenvalue weighted by Gasteiger charge is 2.46. The molecule has 0 radical (unpaired) electrons. The van der Waals surface area contributed by atoms with Crippen molar-refractivity contribution in [2.24, 2.45) is 7.05 Å². The second kappa shape index (κ2) is 6.65. The fourth-order valence-corrected chi connectivity index (χ4v) is 4.89. The third-order valence-electron chi connectivity index (χ3n) is 6.59. The third-order valence-corrected chi connectivity index (χ3v) is 6.59. The third kappa shape index (κ3) is 3.11. The summed E-state index contributed by atoms with van der Waals surface area (Å²) in [6.45, 7) is 3.48. The van der Waals surface area contributed by atoms with Crippen LogP contribution >= 0.6 is 0 Å². The minimum atomic E-state index is -0.455. The maximum absolute atomic E-state index is 14.4. The van der Waals surface area contributed by atoms with Crippen LogP contribution in [0.1, 0.15) is 18.4 Å². The molecule has 2 fully saturated rings. The number of rotatable bonds is 2. The van der Waals surface area contributed by atoms with Crippen LogP contribution in [0.2, 0.25) is 0 Å². The normalized spacial score (nSPS) is 19.2. The van der Waals surface area contributed by atoms with Crippen LogP contribution in [0.5, 0.6) is 0 Å². The summed E-state index contributed by atoms with van der Waals surface area (Å²) in [4.78, 5) is 21.6. The topological polar surface area (TPSA) is 78.3 Å². The number of hydrogen-bond acceptors (Lipinski definition) is 5. The molecule has 4 heterocycles. The number of piperazine rings is 1. The first-order valence-electron chi connectivity index (χ1n) is 10.7. The van der Waals surface area contributed by atoms with Gasteiger partial charge in [-0.05, 0) is 37.5 Å². The van der Waals surface area contributed by atoms with E-state index < -0.39 is 5.82 Å². The first-order valence-corrected chi connectivity index (χ1v) is 10.7. The van der Waals surface area contributed by atoms with E-state index in [1.54, 1.807) is 35.1 Å². The number of pyridine rings is 1. The van der Waals surface area contributed by atoms with E-state index in [9.17, 15) is 9.18 Å². The minimum absolute atomic E-state index is 0.277. The van der Waals surface area contributed by atoms with Gasteiger partial charge in [-0.1, -0.05) is 0 Å². The van der Waals surface area contributed by atoms with E-state index in [0.29, 0.717) is 29.0 Å². The van der Waals surface area contributed by atoms with Crippen molar-refractivity contribution in [3.8, 4) is 0 Å². The molecule has 3 aromatic rings. The van der Waals surface area contributed by atoms with E-state index in [2.05, 4.69) is 31.7 Å². The number of carbonyl (C=O) groups is 1. The quantitative estimate of drug-likeness (QED) is 0.665. The predicted molar refractivity (Wildman–Crippen MR) is 117 cm³/mol. The largest absolute Gasteiger partial charge is 0.368 e. The van der Waals surface area contributed by atoms with Crippen LogP contribution in [-0.4, -0.2) is 52.5 Å². The molecule has 3 aliphatic rings. The molecule has 8 nitrogen and oxygen atoms in total. The molecular formula is C22H24FN7O. The van der Waals surface area contributed by atoms with Crippen LogP contribution in [0.4, 0.5) is 26.4 Å². The number of urea groups is 1. The summed E-state index contributed by atoms with van der Waals surface area (Å²) in [6, 6.07) is 4.81. The fourth-order valence-electron chi connectivity index (χ4n) is 4.89. The molecule has 160 valence electrons. The van der Waals surface area contributed by atoms with Gasteiger partial charge in [0.15, 0.2) is 5.82 Å². The molecule has 2 amide bonds. The first-order chi connectivity index (χ1) is 15.0. The zero-order chi connectivity index (χ0) is 21.2. The number of amides is 2. The van der Waals surface area contributed by atoms with Crippen LogP contribution < -0.4 is 20.4 Å². The summed E-state index contributed by atoms with van der Waals surface area (Å²) in [5.74, 6) is 0.240. The molecule has 31 heavy (non-hydrogen) atoms. The Morgan fingerprint density at radius 3 is 3.00 bits per heavy atom. The van der Waals surface area contributed by atoms with Crippen molar-refractivity contribution in [1.82, 2.24) is 20.1 Å². The van der Waals surface area contributed by atoms with Gasteiger partial charge in [-0.2, -0.15) is 5.10 Å². The lowest BCUT2D eigenvalue weighted by molar-refractivity contribution is 0.257. The number of nitrogens with zero attached hydrogens (tertiary/aromatic N) is 5. The Bertz CT molecular complexity index is 1200. The SMILES string of the molecule is Cn1cc2cc(NC(=O)N3CCc4c(N5CCNC6(CC6)C5)ccnc43)cc(F)c2n1. The van der Waals surface area contributed by atoms with Gasteiger partial charge in [0.05, 0.1) is 0 Å². The van der Waals surface area contributed by atoms with Crippen molar-refractivity contribution in [2.75, 3.05) is 41.3 Å². The van der Waals surface area contributed by atoms with Gasteiger partial charge in [-0.15, -0.1) is 0 Å². The molecule has 2 N–H and O–H groups in total. The number of carbonyl (C=O) groups excluding carboxylic acids is 1. The summed E-state index contributed by atoms with van der Waals surface area (Å²) in [5.41, 5.74) is 3.27. The van der Waals surface area contributed by atoms with E-state index in [4.69, 9.17) is 0 Å². The van der Waals surface area contributed by atoms with Crippen molar-refractivity contribution in [3.63, 3.8) is 0 Å². The zero-order valence-electron chi connectivity index (χ0n) is 17.4. The van der Waals surface area contributed by atoms with Crippen molar-refractivity contribution in [2.45, 2.75) is 24.8 Å². The van der Waals surface area contributed by atoms with Crippen LogP contribution in [0, 0.1) is 5.82 Å². The van der Waals surface area contributed by atoms with Crippen LogP contribution in [0.25, 0.3) is 10.9 Å². The summed E-state index contributed by atoms with van der Waals surface area (Å²) in [6.07, 6.45) is 6.72. The molecular weight excluding hydrogens is 397 g/mol. The van der Waals surface area contributed by atoms with Gasteiger partial charge in [0.2, 0.25) is 0 Å². The number of aromatic nitrogens is 3. The molecule has 0 bridgehead atoms. The van der Waals surface area contributed by atoms with Gasteiger partial charge in [0.1, 0.15) is 11.3 Å². The molecule has 6 rings (SSSR count). The first kappa shape index (κ1) is 18.6. The maximum atomic E-state index is 14.4. The number of halogens is 1. The Balaban J connectivity index is 1.25. The summed E-state index contributed by atoms with van der Waals surface area (Å²) in [5, 5.41) is 11.2.